The van der Waals surface area contributed by atoms with Crippen LogP contribution < -0.4 is 11.1 Å². The fraction of sp³-hybridized carbons (Fsp3) is 0.0556. The summed E-state index contributed by atoms with van der Waals surface area (Å²) in [6.45, 7) is 1.96. The number of benzene rings is 2. The van der Waals surface area contributed by atoms with Crippen molar-refractivity contribution in [1.82, 2.24) is 9.78 Å². The summed E-state index contributed by atoms with van der Waals surface area (Å²) in [5, 5.41) is 6.68. The average Bonchev–Trinajstić information content (AvgIpc) is 2.98. The first-order chi connectivity index (χ1) is 11.6. The van der Waals surface area contributed by atoms with Gasteiger partial charge < -0.3 is 11.1 Å². The number of carbonyl (C=O) groups excluding carboxylic acids is 2. The van der Waals surface area contributed by atoms with Gasteiger partial charge in [0.05, 0.1) is 6.20 Å². The molecule has 6 heteroatoms. The molecule has 6 nitrogen and oxygen atoms in total. The molecule has 120 valence electrons. The third-order valence-electron chi connectivity index (χ3n) is 3.57. The molecule has 3 rings (SSSR count). The molecule has 0 saturated carbocycles. The maximum Gasteiger partial charge on any atom is 0.280 e. The molecule has 1 amide bonds. The molecule has 0 aliphatic heterocycles. The van der Waals surface area contributed by atoms with Crippen molar-refractivity contribution in [2.45, 2.75) is 6.92 Å². The van der Waals surface area contributed by atoms with Gasteiger partial charge in [0.15, 0.2) is 0 Å². The Hall–Kier alpha value is -3.41. The molecular weight excluding hydrogens is 304 g/mol. The summed E-state index contributed by atoms with van der Waals surface area (Å²) in [5.74, 6) is -0.792. The van der Waals surface area contributed by atoms with Crippen molar-refractivity contribution in [3.63, 3.8) is 0 Å². The second-order valence-corrected chi connectivity index (χ2v) is 5.35. The van der Waals surface area contributed by atoms with Crippen molar-refractivity contribution >= 4 is 23.3 Å². The highest BCUT2D eigenvalue weighted by Crippen LogP contribution is 2.16. The van der Waals surface area contributed by atoms with Crippen LogP contribution in [0.15, 0.2) is 60.8 Å². The molecule has 1 heterocycles. The number of rotatable bonds is 3. The molecule has 0 atom stereocenters. The number of nitrogens with zero attached hydrogens (tertiary/aromatic N) is 2. The van der Waals surface area contributed by atoms with E-state index in [0.717, 1.165) is 10.2 Å². The maximum atomic E-state index is 12.4. The van der Waals surface area contributed by atoms with Crippen LogP contribution in [0.3, 0.4) is 0 Å². The monoisotopic (exact) mass is 320 g/mol. The molecule has 0 fully saturated rings. The summed E-state index contributed by atoms with van der Waals surface area (Å²) < 4.78 is 1.03. The highest BCUT2D eigenvalue weighted by molar-refractivity contribution is 6.09. The summed E-state index contributed by atoms with van der Waals surface area (Å²) in [7, 11) is 0. The van der Waals surface area contributed by atoms with E-state index in [9.17, 15) is 9.59 Å². The lowest BCUT2D eigenvalue weighted by atomic mass is 10.2. The van der Waals surface area contributed by atoms with Crippen LogP contribution in [-0.2, 0) is 0 Å². The lowest BCUT2D eigenvalue weighted by molar-refractivity contribution is 0.0948. The van der Waals surface area contributed by atoms with Gasteiger partial charge in [0.1, 0.15) is 11.4 Å². The predicted molar refractivity (Wildman–Crippen MR) is 91.9 cm³/mol. The molecule has 2 aromatic carbocycles. The number of nitrogen functional groups attached to an aromatic ring is 1. The van der Waals surface area contributed by atoms with Crippen LogP contribution in [0, 0.1) is 6.92 Å². The summed E-state index contributed by atoms with van der Waals surface area (Å²) in [6.07, 6.45) is 1.29. The largest absolute Gasteiger partial charge is 0.383 e. The Balaban J connectivity index is 1.83. The van der Waals surface area contributed by atoms with Crippen LogP contribution in [0.1, 0.15) is 26.3 Å². The standard InChI is InChI=1S/C18H16N4O2/c1-12-7-9-14(10-8-12)21-17(23)15-11-20-22(16(15)19)18(24)13-5-3-2-4-6-13/h2-11H,19H2,1H3,(H,21,23). The van der Waals surface area contributed by atoms with E-state index in [-0.39, 0.29) is 17.3 Å². The minimum Gasteiger partial charge on any atom is -0.383 e. The first kappa shape index (κ1) is 15.5. The number of nitrogens with two attached hydrogens (primary N) is 1. The van der Waals surface area contributed by atoms with Gasteiger partial charge in [-0.2, -0.15) is 9.78 Å². The van der Waals surface area contributed by atoms with Crippen molar-refractivity contribution in [2.24, 2.45) is 0 Å². The van der Waals surface area contributed by atoms with E-state index in [1.165, 1.54) is 6.20 Å². The van der Waals surface area contributed by atoms with E-state index >= 15 is 0 Å². The molecular formula is C18H16N4O2. The van der Waals surface area contributed by atoms with Crippen molar-refractivity contribution < 1.29 is 9.59 Å². The van der Waals surface area contributed by atoms with E-state index in [1.54, 1.807) is 36.4 Å². The topological polar surface area (TPSA) is 90.0 Å². The number of aromatic nitrogens is 2. The lowest BCUT2D eigenvalue weighted by Crippen LogP contribution is -2.18. The van der Waals surface area contributed by atoms with Crippen LogP contribution in [0.5, 0.6) is 0 Å². The molecule has 0 aliphatic rings. The van der Waals surface area contributed by atoms with Gasteiger partial charge in [-0.25, -0.2) is 0 Å². The summed E-state index contributed by atoms with van der Waals surface area (Å²) >= 11 is 0. The van der Waals surface area contributed by atoms with Gasteiger partial charge in [0, 0.05) is 11.3 Å². The van der Waals surface area contributed by atoms with Crippen LogP contribution in [0.2, 0.25) is 0 Å². The molecule has 0 aliphatic carbocycles. The Morgan fingerprint density at radius 1 is 1.04 bits per heavy atom. The number of hydrogen-bond acceptors (Lipinski definition) is 4. The van der Waals surface area contributed by atoms with Gasteiger partial charge in [-0.1, -0.05) is 35.9 Å². The lowest BCUT2D eigenvalue weighted by Gasteiger charge is -2.06. The van der Waals surface area contributed by atoms with Crippen LogP contribution in [-0.4, -0.2) is 21.6 Å². The van der Waals surface area contributed by atoms with Gasteiger partial charge >= 0.3 is 0 Å². The number of amides is 1. The van der Waals surface area contributed by atoms with Gasteiger partial charge in [-0.3, -0.25) is 9.59 Å². The maximum absolute atomic E-state index is 12.4. The Morgan fingerprint density at radius 2 is 1.71 bits per heavy atom. The molecule has 1 aromatic heterocycles. The Labute approximate surface area is 138 Å². The molecule has 0 spiro atoms. The third-order valence-corrected chi connectivity index (χ3v) is 3.57. The number of aryl methyl sites for hydroxylation is 1. The molecule has 0 radical (unpaired) electrons. The molecule has 3 N–H and O–H groups in total. The summed E-state index contributed by atoms with van der Waals surface area (Å²) in [6, 6.07) is 16.0. The van der Waals surface area contributed by atoms with Crippen molar-refractivity contribution in [3.05, 3.63) is 77.5 Å². The zero-order valence-corrected chi connectivity index (χ0v) is 13.1. The summed E-state index contributed by atoms with van der Waals surface area (Å²) in [4.78, 5) is 24.7. The quantitative estimate of drug-likeness (QED) is 0.776. The Kier molecular flexibility index (Phi) is 4.11. The predicted octanol–water partition coefficient (Wildman–Crippen LogP) is 2.71. The third kappa shape index (κ3) is 3.03. The second-order valence-electron chi connectivity index (χ2n) is 5.35. The minimum atomic E-state index is -0.413. The zero-order valence-electron chi connectivity index (χ0n) is 13.1. The summed E-state index contributed by atoms with van der Waals surface area (Å²) in [5.41, 5.74) is 8.27. The van der Waals surface area contributed by atoms with Crippen molar-refractivity contribution in [1.29, 1.82) is 0 Å². The second kappa shape index (κ2) is 6.37. The van der Waals surface area contributed by atoms with Crippen molar-refractivity contribution in [3.8, 4) is 0 Å². The molecule has 0 saturated heterocycles. The van der Waals surface area contributed by atoms with Gasteiger partial charge in [-0.05, 0) is 31.2 Å². The Morgan fingerprint density at radius 3 is 2.38 bits per heavy atom. The molecule has 3 aromatic rings. The highest BCUT2D eigenvalue weighted by Gasteiger charge is 2.19. The number of carbonyl (C=O) groups is 2. The number of hydrogen-bond donors (Lipinski definition) is 2. The first-order valence-electron chi connectivity index (χ1n) is 7.37. The van der Waals surface area contributed by atoms with Gasteiger partial charge in [0.2, 0.25) is 0 Å². The van der Waals surface area contributed by atoms with E-state index in [4.69, 9.17) is 5.73 Å². The molecule has 0 unspecified atom stereocenters. The van der Waals surface area contributed by atoms with E-state index in [1.807, 2.05) is 25.1 Å². The smallest absolute Gasteiger partial charge is 0.280 e. The Bertz CT molecular complexity index is 883. The van der Waals surface area contributed by atoms with Crippen LogP contribution >= 0.6 is 0 Å². The fourth-order valence-corrected chi connectivity index (χ4v) is 2.23. The zero-order chi connectivity index (χ0) is 17.1. The van der Waals surface area contributed by atoms with Gasteiger partial charge in [0.25, 0.3) is 11.8 Å². The fourth-order valence-electron chi connectivity index (χ4n) is 2.23. The SMILES string of the molecule is Cc1ccc(NC(=O)c2cnn(C(=O)c3ccccc3)c2N)cc1. The molecule has 0 bridgehead atoms. The van der Waals surface area contributed by atoms with E-state index in [0.29, 0.717) is 11.3 Å². The highest BCUT2D eigenvalue weighted by atomic mass is 16.2. The van der Waals surface area contributed by atoms with Crippen LogP contribution in [0.4, 0.5) is 11.5 Å². The molecule has 24 heavy (non-hydrogen) atoms. The van der Waals surface area contributed by atoms with Crippen molar-refractivity contribution in [2.75, 3.05) is 11.1 Å². The normalized spacial score (nSPS) is 10.4. The van der Waals surface area contributed by atoms with E-state index in [2.05, 4.69) is 10.4 Å². The first-order valence-corrected chi connectivity index (χ1v) is 7.37. The average molecular weight is 320 g/mol. The van der Waals surface area contributed by atoms with Gasteiger partial charge in [-0.15, -0.1) is 0 Å². The number of anilines is 2. The minimum absolute atomic E-state index is 0.00784. The van der Waals surface area contributed by atoms with Crippen LogP contribution in [0.25, 0.3) is 0 Å². The van der Waals surface area contributed by atoms with E-state index < -0.39 is 5.91 Å². The number of nitrogens with one attached hydrogen (secondary N) is 1.